The van der Waals surface area contributed by atoms with E-state index in [-0.39, 0.29) is 0 Å². The van der Waals surface area contributed by atoms with E-state index in [1.165, 1.54) is 3.57 Å². The van der Waals surface area contributed by atoms with Crippen molar-refractivity contribution in [2.24, 2.45) is 0 Å². The highest BCUT2D eigenvalue weighted by Gasteiger charge is 2.15. The molecule has 0 saturated heterocycles. The zero-order chi connectivity index (χ0) is 14.7. The van der Waals surface area contributed by atoms with Crippen molar-refractivity contribution in [3.63, 3.8) is 0 Å². The van der Waals surface area contributed by atoms with E-state index in [1.807, 2.05) is 42.5 Å². The molecule has 21 heavy (non-hydrogen) atoms. The molecule has 0 radical (unpaired) electrons. The Kier molecular flexibility index (Phi) is 4.50. The van der Waals surface area contributed by atoms with Crippen LogP contribution in [0.15, 0.2) is 42.5 Å². The first-order valence-corrected chi connectivity index (χ1v) is 7.87. The van der Waals surface area contributed by atoms with Crippen LogP contribution in [0.5, 0.6) is 11.5 Å². The zero-order valence-corrected chi connectivity index (χ0v) is 13.5. The van der Waals surface area contributed by atoms with Crippen molar-refractivity contribution in [1.29, 1.82) is 0 Å². The molecule has 1 aliphatic rings. The zero-order valence-electron chi connectivity index (χ0n) is 11.4. The van der Waals surface area contributed by atoms with Gasteiger partial charge in [-0.05, 0) is 64.6 Å². The van der Waals surface area contributed by atoms with Crippen molar-refractivity contribution in [1.82, 2.24) is 0 Å². The molecule has 4 nitrogen and oxygen atoms in total. The average Bonchev–Trinajstić information content (AvgIpc) is 2.53. The molecule has 1 aliphatic heterocycles. The first kappa shape index (κ1) is 14.5. The lowest BCUT2D eigenvalue weighted by atomic mass is 10.1. The lowest BCUT2D eigenvalue weighted by Gasteiger charge is -2.20. The molecule has 0 bridgehead atoms. The van der Waals surface area contributed by atoms with Crippen LogP contribution >= 0.6 is 22.6 Å². The van der Waals surface area contributed by atoms with Crippen molar-refractivity contribution in [3.8, 4) is 11.5 Å². The van der Waals surface area contributed by atoms with E-state index in [4.69, 9.17) is 9.47 Å². The Labute approximate surface area is 137 Å². The molecule has 1 unspecified atom stereocenters. The van der Waals surface area contributed by atoms with Crippen LogP contribution in [-0.4, -0.2) is 24.9 Å². The minimum atomic E-state index is -0.597. The van der Waals surface area contributed by atoms with E-state index < -0.39 is 6.10 Å². The number of aliphatic hydroxyl groups excluding tert-OH is 1. The quantitative estimate of drug-likeness (QED) is 0.779. The van der Waals surface area contributed by atoms with E-state index in [2.05, 4.69) is 27.9 Å². The maximum Gasteiger partial charge on any atom is 0.161 e. The summed E-state index contributed by atoms with van der Waals surface area (Å²) in [6.45, 7) is 1.57. The predicted octanol–water partition coefficient (Wildman–Crippen LogP) is 3.21. The van der Waals surface area contributed by atoms with Crippen LogP contribution in [0.25, 0.3) is 0 Å². The fraction of sp³-hybridized carbons (Fsp3) is 0.250. The van der Waals surface area contributed by atoms with Crippen LogP contribution in [-0.2, 0) is 0 Å². The van der Waals surface area contributed by atoms with Crippen molar-refractivity contribution in [2.45, 2.75) is 6.10 Å². The fourth-order valence-electron chi connectivity index (χ4n) is 2.17. The molecule has 1 heterocycles. The second-order valence-electron chi connectivity index (χ2n) is 4.81. The molecule has 2 N–H and O–H groups in total. The standard InChI is InChI=1S/C16H16INO3/c17-12-2-4-13(5-3-12)18-10-14(19)11-1-6-15-16(9-11)21-8-7-20-15/h1-6,9,14,18-19H,7-8,10H2. The maximum atomic E-state index is 10.3. The summed E-state index contributed by atoms with van der Waals surface area (Å²) >= 11 is 2.26. The van der Waals surface area contributed by atoms with Gasteiger partial charge in [0.25, 0.3) is 0 Å². The maximum absolute atomic E-state index is 10.3. The van der Waals surface area contributed by atoms with Gasteiger partial charge in [-0.2, -0.15) is 0 Å². The summed E-state index contributed by atoms with van der Waals surface area (Å²) in [5.41, 5.74) is 1.81. The van der Waals surface area contributed by atoms with E-state index in [0.29, 0.717) is 25.5 Å². The number of aliphatic hydroxyl groups is 1. The Balaban J connectivity index is 1.65. The van der Waals surface area contributed by atoms with Crippen molar-refractivity contribution >= 4 is 28.3 Å². The molecule has 0 saturated carbocycles. The second-order valence-corrected chi connectivity index (χ2v) is 6.05. The van der Waals surface area contributed by atoms with Gasteiger partial charge in [-0.25, -0.2) is 0 Å². The largest absolute Gasteiger partial charge is 0.486 e. The van der Waals surface area contributed by atoms with E-state index in [1.54, 1.807) is 0 Å². The van der Waals surface area contributed by atoms with Crippen molar-refractivity contribution < 1.29 is 14.6 Å². The normalized spacial score (nSPS) is 14.6. The average molecular weight is 397 g/mol. The topological polar surface area (TPSA) is 50.7 Å². The SMILES string of the molecule is OC(CNc1ccc(I)cc1)c1ccc2c(c1)OCCO2. The molecule has 0 spiro atoms. The van der Waals surface area contributed by atoms with Gasteiger partial charge in [-0.1, -0.05) is 6.07 Å². The highest BCUT2D eigenvalue weighted by molar-refractivity contribution is 14.1. The third-order valence-electron chi connectivity index (χ3n) is 3.29. The summed E-state index contributed by atoms with van der Waals surface area (Å²) < 4.78 is 12.2. The lowest BCUT2D eigenvalue weighted by Crippen LogP contribution is -2.16. The molecular formula is C16H16INO3. The van der Waals surface area contributed by atoms with Gasteiger partial charge in [-0.15, -0.1) is 0 Å². The smallest absolute Gasteiger partial charge is 0.161 e. The second kappa shape index (κ2) is 6.53. The molecule has 2 aromatic carbocycles. The van der Waals surface area contributed by atoms with Gasteiger partial charge in [0.05, 0.1) is 6.10 Å². The van der Waals surface area contributed by atoms with E-state index in [0.717, 1.165) is 17.0 Å². The van der Waals surface area contributed by atoms with Crippen LogP contribution in [0.2, 0.25) is 0 Å². The molecule has 0 fully saturated rings. The molecule has 5 heteroatoms. The molecule has 2 aromatic rings. The summed E-state index contributed by atoms with van der Waals surface area (Å²) in [5.74, 6) is 1.44. The number of anilines is 1. The monoisotopic (exact) mass is 397 g/mol. The molecule has 0 amide bonds. The minimum absolute atomic E-state index is 0.445. The summed E-state index contributed by atoms with van der Waals surface area (Å²) in [5, 5.41) is 13.5. The Morgan fingerprint density at radius 2 is 1.76 bits per heavy atom. The van der Waals surface area contributed by atoms with Gasteiger partial charge in [-0.3, -0.25) is 0 Å². The van der Waals surface area contributed by atoms with Crippen molar-refractivity contribution in [2.75, 3.05) is 25.1 Å². The molecule has 110 valence electrons. The van der Waals surface area contributed by atoms with Gasteiger partial charge in [0, 0.05) is 15.8 Å². The van der Waals surface area contributed by atoms with Gasteiger partial charge < -0.3 is 19.9 Å². The molecule has 0 aliphatic carbocycles. The van der Waals surface area contributed by atoms with E-state index >= 15 is 0 Å². The molecule has 0 aromatic heterocycles. The Morgan fingerprint density at radius 1 is 1.05 bits per heavy atom. The van der Waals surface area contributed by atoms with Crippen molar-refractivity contribution in [3.05, 3.63) is 51.6 Å². The third kappa shape index (κ3) is 3.59. The Hall–Kier alpha value is -1.47. The first-order chi connectivity index (χ1) is 10.2. The summed E-state index contributed by atoms with van der Waals surface area (Å²) in [7, 11) is 0. The Bertz CT molecular complexity index is 615. The third-order valence-corrected chi connectivity index (χ3v) is 4.01. The number of hydrogen-bond acceptors (Lipinski definition) is 4. The highest BCUT2D eigenvalue weighted by Crippen LogP contribution is 2.32. The molecule has 3 rings (SSSR count). The lowest BCUT2D eigenvalue weighted by molar-refractivity contribution is 0.167. The van der Waals surface area contributed by atoms with Crippen LogP contribution in [0.3, 0.4) is 0 Å². The number of hydrogen-bond donors (Lipinski definition) is 2. The number of fused-ring (bicyclic) bond motifs is 1. The predicted molar refractivity (Wildman–Crippen MR) is 90.0 cm³/mol. The molecular weight excluding hydrogens is 381 g/mol. The summed E-state index contributed by atoms with van der Waals surface area (Å²) in [6.07, 6.45) is -0.597. The van der Waals surface area contributed by atoms with E-state index in [9.17, 15) is 5.11 Å². The number of ether oxygens (including phenoxy) is 2. The van der Waals surface area contributed by atoms with Gasteiger partial charge in [0.1, 0.15) is 13.2 Å². The first-order valence-electron chi connectivity index (χ1n) is 6.79. The van der Waals surface area contributed by atoms with Gasteiger partial charge in [0.15, 0.2) is 11.5 Å². The Morgan fingerprint density at radius 3 is 2.52 bits per heavy atom. The summed E-state index contributed by atoms with van der Waals surface area (Å²) in [4.78, 5) is 0. The number of benzene rings is 2. The number of rotatable bonds is 4. The fourth-order valence-corrected chi connectivity index (χ4v) is 2.53. The van der Waals surface area contributed by atoms with Crippen LogP contribution in [0.4, 0.5) is 5.69 Å². The highest BCUT2D eigenvalue weighted by atomic mass is 127. The van der Waals surface area contributed by atoms with Gasteiger partial charge >= 0.3 is 0 Å². The van der Waals surface area contributed by atoms with Crippen LogP contribution in [0.1, 0.15) is 11.7 Å². The van der Waals surface area contributed by atoms with Crippen LogP contribution < -0.4 is 14.8 Å². The van der Waals surface area contributed by atoms with Crippen LogP contribution in [0, 0.1) is 3.57 Å². The summed E-state index contributed by atoms with van der Waals surface area (Å²) in [6, 6.07) is 13.6. The number of halogens is 1. The molecule has 1 atom stereocenters. The number of nitrogens with one attached hydrogen (secondary N) is 1. The van der Waals surface area contributed by atoms with Gasteiger partial charge in [0.2, 0.25) is 0 Å². The minimum Gasteiger partial charge on any atom is -0.486 e.